The van der Waals surface area contributed by atoms with Crippen LogP contribution in [0, 0.1) is 0 Å². The zero-order chi connectivity index (χ0) is 17.9. The van der Waals surface area contributed by atoms with Gasteiger partial charge < -0.3 is 15.1 Å². The number of urea groups is 1. The fourth-order valence-electron chi connectivity index (χ4n) is 4.02. The first kappa shape index (κ1) is 17.0. The highest BCUT2D eigenvalue weighted by atomic mass is 16.2. The van der Waals surface area contributed by atoms with Gasteiger partial charge in [-0.1, -0.05) is 6.07 Å². The molecule has 2 amide bonds. The first-order chi connectivity index (χ1) is 12.7. The molecule has 1 atom stereocenters. The molecule has 2 aromatic heterocycles. The van der Waals surface area contributed by atoms with Crippen molar-refractivity contribution in [3.8, 4) is 0 Å². The summed E-state index contributed by atoms with van der Waals surface area (Å²) in [6.45, 7) is 4.35. The van der Waals surface area contributed by atoms with Gasteiger partial charge in [0.25, 0.3) is 5.56 Å². The molecule has 0 radical (unpaired) electrons. The summed E-state index contributed by atoms with van der Waals surface area (Å²) in [5.41, 5.74) is 1.05. The number of amides is 2. The summed E-state index contributed by atoms with van der Waals surface area (Å²) >= 11 is 0. The van der Waals surface area contributed by atoms with Crippen molar-refractivity contribution < 1.29 is 4.79 Å². The van der Waals surface area contributed by atoms with Crippen LogP contribution in [0.25, 0.3) is 5.65 Å². The lowest BCUT2D eigenvalue weighted by molar-refractivity contribution is 0.174. The maximum absolute atomic E-state index is 12.6. The Morgan fingerprint density at radius 1 is 1.19 bits per heavy atom. The first-order valence-corrected chi connectivity index (χ1v) is 9.45. The third kappa shape index (κ3) is 3.58. The van der Waals surface area contributed by atoms with Gasteiger partial charge in [0.05, 0.1) is 12.2 Å². The predicted octanol–water partition coefficient (Wildman–Crippen LogP) is 1.46. The van der Waals surface area contributed by atoms with Crippen LogP contribution in [0.1, 0.15) is 31.4 Å². The molecule has 26 heavy (non-hydrogen) atoms. The van der Waals surface area contributed by atoms with Crippen molar-refractivity contribution >= 4 is 11.7 Å². The van der Waals surface area contributed by atoms with Crippen molar-refractivity contribution in [2.45, 2.75) is 38.3 Å². The van der Waals surface area contributed by atoms with Crippen molar-refractivity contribution in [1.29, 1.82) is 0 Å². The molecule has 0 aromatic carbocycles. The Morgan fingerprint density at radius 2 is 2.04 bits per heavy atom. The normalized spacial score (nSPS) is 20.8. The van der Waals surface area contributed by atoms with Crippen molar-refractivity contribution in [2.75, 3.05) is 26.2 Å². The summed E-state index contributed by atoms with van der Waals surface area (Å²) in [6.07, 6.45) is 6.35. The molecule has 2 aliphatic heterocycles. The summed E-state index contributed by atoms with van der Waals surface area (Å²) in [5.74, 6) is 0. The molecule has 7 nitrogen and oxygen atoms in total. The van der Waals surface area contributed by atoms with Crippen LogP contribution in [0.15, 0.2) is 35.3 Å². The summed E-state index contributed by atoms with van der Waals surface area (Å²) in [7, 11) is 0. The third-order valence-corrected chi connectivity index (χ3v) is 5.35. The number of hydrogen-bond acceptors (Lipinski definition) is 4. The third-order valence-electron chi connectivity index (χ3n) is 5.35. The van der Waals surface area contributed by atoms with Crippen LogP contribution in [-0.4, -0.2) is 57.4 Å². The first-order valence-electron chi connectivity index (χ1n) is 9.45. The van der Waals surface area contributed by atoms with E-state index in [9.17, 15) is 9.59 Å². The summed E-state index contributed by atoms with van der Waals surface area (Å²) in [4.78, 5) is 33.6. The molecule has 2 saturated heterocycles. The predicted molar refractivity (Wildman–Crippen MR) is 99.1 cm³/mol. The highest BCUT2D eigenvalue weighted by Gasteiger charge is 2.30. The number of carbonyl (C=O) groups excluding carboxylic acids is 1. The monoisotopic (exact) mass is 355 g/mol. The Kier molecular flexibility index (Phi) is 4.88. The number of fused-ring (bicyclic) bond motifs is 1. The van der Waals surface area contributed by atoms with Gasteiger partial charge in [0, 0.05) is 31.4 Å². The van der Waals surface area contributed by atoms with E-state index in [1.165, 1.54) is 23.3 Å². The van der Waals surface area contributed by atoms with Gasteiger partial charge in [-0.05, 0) is 50.9 Å². The fourth-order valence-corrected chi connectivity index (χ4v) is 4.02. The van der Waals surface area contributed by atoms with E-state index in [1.54, 1.807) is 18.3 Å². The minimum absolute atomic E-state index is 0.0539. The molecule has 4 heterocycles. The van der Waals surface area contributed by atoms with E-state index in [4.69, 9.17) is 0 Å². The Morgan fingerprint density at radius 3 is 2.88 bits per heavy atom. The summed E-state index contributed by atoms with van der Waals surface area (Å²) < 4.78 is 1.50. The van der Waals surface area contributed by atoms with Gasteiger partial charge in [-0.3, -0.25) is 9.20 Å². The van der Waals surface area contributed by atoms with Crippen molar-refractivity contribution in [1.82, 2.24) is 24.5 Å². The second kappa shape index (κ2) is 7.45. The van der Waals surface area contributed by atoms with E-state index in [-0.39, 0.29) is 18.1 Å². The summed E-state index contributed by atoms with van der Waals surface area (Å²) in [6, 6.07) is 7.16. The van der Waals surface area contributed by atoms with Crippen LogP contribution in [0.5, 0.6) is 0 Å². The molecule has 2 aromatic rings. The number of rotatable bonds is 4. The van der Waals surface area contributed by atoms with Crippen LogP contribution in [-0.2, 0) is 6.54 Å². The van der Waals surface area contributed by atoms with E-state index in [1.807, 2.05) is 11.0 Å². The lowest BCUT2D eigenvalue weighted by Gasteiger charge is -2.28. The molecule has 0 saturated carbocycles. The number of hydrogen-bond donors (Lipinski definition) is 1. The topological polar surface area (TPSA) is 69.9 Å². The van der Waals surface area contributed by atoms with E-state index in [0.29, 0.717) is 17.4 Å². The van der Waals surface area contributed by atoms with E-state index in [0.717, 1.165) is 39.0 Å². The second-order valence-corrected chi connectivity index (χ2v) is 7.17. The Hall–Kier alpha value is -2.41. The van der Waals surface area contributed by atoms with E-state index < -0.39 is 0 Å². The van der Waals surface area contributed by atoms with Crippen molar-refractivity contribution in [2.24, 2.45) is 0 Å². The van der Waals surface area contributed by atoms with E-state index in [2.05, 4.69) is 15.2 Å². The number of nitrogens with one attached hydrogen (secondary N) is 1. The Balaban J connectivity index is 1.39. The molecule has 138 valence electrons. The number of aromatic nitrogens is 2. The van der Waals surface area contributed by atoms with Gasteiger partial charge in [-0.2, -0.15) is 0 Å². The number of likely N-dealkylation sites (tertiary alicyclic amines) is 2. The maximum atomic E-state index is 12.6. The lowest BCUT2D eigenvalue weighted by Crippen LogP contribution is -2.46. The minimum atomic E-state index is -0.132. The Labute approximate surface area is 152 Å². The van der Waals surface area contributed by atoms with Crippen LogP contribution < -0.4 is 10.9 Å². The number of pyridine rings is 1. The molecule has 0 aliphatic carbocycles. The van der Waals surface area contributed by atoms with Crippen molar-refractivity contribution in [3.05, 3.63) is 46.5 Å². The van der Waals surface area contributed by atoms with Crippen LogP contribution in [0.3, 0.4) is 0 Å². The van der Waals surface area contributed by atoms with Crippen molar-refractivity contribution in [3.63, 3.8) is 0 Å². The molecule has 2 fully saturated rings. The molecule has 4 rings (SSSR count). The SMILES string of the molecule is O=C(NCc1cc(=O)n2ccccc2n1)N1CCCC1CN1CCCC1. The standard InChI is InChI=1S/C19H25N5O2/c25-18-12-15(21-17-7-1-2-10-24(17)18)13-20-19(26)23-11-5-6-16(23)14-22-8-3-4-9-22/h1-2,7,10,12,16H,3-6,8-9,11,13-14H2,(H,20,26). The largest absolute Gasteiger partial charge is 0.332 e. The molecule has 2 aliphatic rings. The Bertz CT molecular complexity index is 843. The van der Waals surface area contributed by atoms with Gasteiger partial charge >= 0.3 is 6.03 Å². The zero-order valence-electron chi connectivity index (χ0n) is 14.9. The smallest absolute Gasteiger partial charge is 0.318 e. The number of nitrogens with zero attached hydrogens (tertiary/aromatic N) is 4. The van der Waals surface area contributed by atoms with Gasteiger partial charge in [-0.25, -0.2) is 9.78 Å². The molecule has 7 heteroatoms. The summed E-state index contributed by atoms with van der Waals surface area (Å²) in [5, 5.41) is 2.95. The quantitative estimate of drug-likeness (QED) is 0.902. The molecular formula is C19H25N5O2. The average Bonchev–Trinajstić information content (AvgIpc) is 3.32. The van der Waals surface area contributed by atoms with E-state index >= 15 is 0 Å². The molecular weight excluding hydrogens is 330 g/mol. The van der Waals surface area contributed by atoms with Crippen LogP contribution in [0.2, 0.25) is 0 Å². The second-order valence-electron chi connectivity index (χ2n) is 7.17. The molecule has 1 N–H and O–H groups in total. The lowest BCUT2D eigenvalue weighted by atomic mass is 10.2. The fraction of sp³-hybridized carbons (Fsp3) is 0.526. The molecule has 1 unspecified atom stereocenters. The van der Waals surface area contributed by atoms with Crippen LogP contribution >= 0.6 is 0 Å². The van der Waals surface area contributed by atoms with Gasteiger partial charge in [-0.15, -0.1) is 0 Å². The highest BCUT2D eigenvalue weighted by Crippen LogP contribution is 2.20. The minimum Gasteiger partial charge on any atom is -0.332 e. The van der Waals surface area contributed by atoms with Crippen LogP contribution in [0.4, 0.5) is 4.79 Å². The maximum Gasteiger partial charge on any atom is 0.318 e. The van der Waals surface area contributed by atoms with Gasteiger partial charge in [0.1, 0.15) is 5.65 Å². The zero-order valence-corrected chi connectivity index (χ0v) is 14.9. The number of carbonyl (C=O) groups is 1. The molecule has 0 spiro atoms. The van der Waals surface area contributed by atoms with Gasteiger partial charge in [0.2, 0.25) is 0 Å². The highest BCUT2D eigenvalue weighted by molar-refractivity contribution is 5.74. The van der Waals surface area contributed by atoms with Gasteiger partial charge in [0.15, 0.2) is 0 Å². The average molecular weight is 355 g/mol. The molecule has 0 bridgehead atoms.